The molecule has 0 heterocycles. The van der Waals surface area contributed by atoms with Crippen molar-refractivity contribution in [2.75, 3.05) is 13.2 Å². The Hall–Kier alpha value is -0.610. The number of hydrogen-bond acceptors (Lipinski definition) is 3. The monoisotopic (exact) mass is 412 g/mol. The van der Waals surface area contributed by atoms with Gasteiger partial charge in [0, 0.05) is 25.1 Å². The molecule has 0 rings (SSSR count). The van der Waals surface area contributed by atoms with Crippen LogP contribution < -0.4 is 11.1 Å². The van der Waals surface area contributed by atoms with Crippen LogP contribution in [0.15, 0.2) is 0 Å². The van der Waals surface area contributed by atoms with Gasteiger partial charge < -0.3 is 16.2 Å². The fraction of sp³-hybridized carbons (Fsp3) is 0.960. The summed E-state index contributed by atoms with van der Waals surface area (Å²) in [7, 11) is 0. The summed E-state index contributed by atoms with van der Waals surface area (Å²) >= 11 is 0. The van der Waals surface area contributed by atoms with Crippen LogP contribution in [0.4, 0.5) is 0 Å². The number of nitrogens with two attached hydrogens (primary N) is 1. The SMILES string of the molecule is CCCCCCCCCCCCCCCCCC(=O)NCC(C)C(C)(N)CCO. The van der Waals surface area contributed by atoms with Gasteiger partial charge in [-0.05, 0) is 25.7 Å². The van der Waals surface area contributed by atoms with E-state index in [2.05, 4.69) is 12.2 Å². The molecule has 0 saturated heterocycles. The lowest BCUT2D eigenvalue weighted by Gasteiger charge is -2.31. The van der Waals surface area contributed by atoms with Gasteiger partial charge in [0.2, 0.25) is 5.91 Å². The fourth-order valence-corrected chi connectivity index (χ4v) is 3.73. The van der Waals surface area contributed by atoms with E-state index in [0.717, 1.165) is 12.8 Å². The number of unbranched alkanes of at least 4 members (excludes halogenated alkanes) is 14. The molecule has 1 amide bonds. The molecular formula is C25H52N2O2. The van der Waals surface area contributed by atoms with E-state index in [1.165, 1.54) is 83.5 Å². The highest BCUT2D eigenvalue weighted by molar-refractivity contribution is 5.75. The lowest BCUT2D eigenvalue weighted by atomic mass is 9.85. The standard InChI is InChI=1S/C25H52N2O2/c1-4-5-6-7-8-9-10-11-12-13-14-15-16-17-18-19-24(29)27-22-23(2)25(3,26)20-21-28/h23,28H,4-22,26H2,1-3H3,(H,27,29). The lowest BCUT2D eigenvalue weighted by molar-refractivity contribution is -0.121. The normalized spacial score (nSPS) is 14.5. The van der Waals surface area contributed by atoms with Crippen molar-refractivity contribution in [2.24, 2.45) is 11.7 Å². The van der Waals surface area contributed by atoms with E-state index < -0.39 is 5.54 Å². The Morgan fingerprint density at radius 2 is 1.28 bits per heavy atom. The number of aliphatic hydroxyl groups excluding tert-OH is 1. The number of aliphatic hydroxyl groups is 1. The van der Waals surface area contributed by atoms with Crippen LogP contribution in [0.3, 0.4) is 0 Å². The minimum atomic E-state index is -0.434. The molecule has 2 unspecified atom stereocenters. The maximum absolute atomic E-state index is 12.0. The van der Waals surface area contributed by atoms with E-state index in [4.69, 9.17) is 10.8 Å². The fourth-order valence-electron chi connectivity index (χ4n) is 3.73. The van der Waals surface area contributed by atoms with Gasteiger partial charge in [0.05, 0.1) is 0 Å². The molecule has 4 nitrogen and oxygen atoms in total. The lowest BCUT2D eigenvalue weighted by Crippen LogP contribution is -2.48. The van der Waals surface area contributed by atoms with Gasteiger partial charge in [-0.15, -0.1) is 0 Å². The Bertz CT molecular complexity index is 372. The Morgan fingerprint density at radius 1 is 0.862 bits per heavy atom. The van der Waals surface area contributed by atoms with Gasteiger partial charge >= 0.3 is 0 Å². The van der Waals surface area contributed by atoms with Crippen molar-refractivity contribution in [1.29, 1.82) is 0 Å². The second-order valence-electron chi connectivity index (χ2n) is 9.38. The molecule has 0 aliphatic rings. The Morgan fingerprint density at radius 3 is 1.69 bits per heavy atom. The number of nitrogens with one attached hydrogen (secondary N) is 1. The van der Waals surface area contributed by atoms with E-state index in [-0.39, 0.29) is 18.4 Å². The van der Waals surface area contributed by atoms with Crippen LogP contribution in [0.1, 0.15) is 130 Å². The van der Waals surface area contributed by atoms with Gasteiger partial charge in [-0.25, -0.2) is 0 Å². The van der Waals surface area contributed by atoms with E-state index in [1.54, 1.807) is 0 Å². The maximum Gasteiger partial charge on any atom is 0.220 e. The number of amides is 1. The number of carbonyl (C=O) groups is 1. The summed E-state index contributed by atoms with van der Waals surface area (Å²) in [6.07, 6.45) is 21.3. The van der Waals surface area contributed by atoms with E-state index in [1.807, 2.05) is 13.8 Å². The summed E-state index contributed by atoms with van der Waals surface area (Å²) in [6.45, 7) is 6.92. The van der Waals surface area contributed by atoms with Gasteiger partial charge in [0.1, 0.15) is 0 Å². The predicted octanol–water partition coefficient (Wildman–Crippen LogP) is 6.10. The molecule has 0 aromatic heterocycles. The van der Waals surface area contributed by atoms with Crippen molar-refractivity contribution in [3.8, 4) is 0 Å². The molecule has 0 aliphatic heterocycles. The molecule has 4 heteroatoms. The summed E-state index contributed by atoms with van der Waals surface area (Å²) in [4.78, 5) is 12.0. The van der Waals surface area contributed by atoms with Gasteiger partial charge in [0.15, 0.2) is 0 Å². The highest BCUT2D eigenvalue weighted by Crippen LogP contribution is 2.17. The largest absolute Gasteiger partial charge is 0.396 e. The topological polar surface area (TPSA) is 75.4 Å². The zero-order valence-electron chi connectivity index (χ0n) is 19.9. The van der Waals surface area contributed by atoms with Crippen LogP contribution in [0.25, 0.3) is 0 Å². The Balaban J connectivity index is 3.37. The third-order valence-electron chi connectivity index (χ3n) is 6.39. The summed E-state index contributed by atoms with van der Waals surface area (Å²) in [5.41, 5.74) is 5.75. The Kier molecular flexibility index (Phi) is 19.0. The first-order valence-electron chi connectivity index (χ1n) is 12.6. The quantitative estimate of drug-likeness (QED) is 0.199. The zero-order valence-corrected chi connectivity index (χ0v) is 19.9. The molecule has 0 fully saturated rings. The highest BCUT2D eigenvalue weighted by Gasteiger charge is 2.25. The second kappa shape index (κ2) is 19.4. The first-order valence-corrected chi connectivity index (χ1v) is 12.6. The van der Waals surface area contributed by atoms with Crippen molar-refractivity contribution in [1.82, 2.24) is 5.32 Å². The van der Waals surface area contributed by atoms with Crippen molar-refractivity contribution >= 4 is 5.91 Å². The number of carbonyl (C=O) groups excluding carboxylic acids is 1. The average molecular weight is 413 g/mol. The van der Waals surface area contributed by atoms with E-state index in [0.29, 0.717) is 19.4 Å². The van der Waals surface area contributed by atoms with Gasteiger partial charge in [0.25, 0.3) is 0 Å². The van der Waals surface area contributed by atoms with Gasteiger partial charge in [-0.2, -0.15) is 0 Å². The third kappa shape index (κ3) is 17.9. The summed E-state index contributed by atoms with van der Waals surface area (Å²) in [5.74, 6) is 0.283. The molecular weight excluding hydrogens is 360 g/mol. The molecule has 29 heavy (non-hydrogen) atoms. The molecule has 0 aliphatic carbocycles. The Labute approximate surface area is 181 Å². The smallest absolute Gasteiger partial charge is 0.220 e. The van der Waals surface area contributed by atoms with E-state index >= 15 is 0 Å². The summed E-state index contributed by atoms with van der Waals surface area (Å²) in [6, 6.07) is 0. The van der Waals surface area contributed by atoms with E-state index in [9.17, 15) is 4.79 Å². The molecule has 2 atom stereocenters. The zero-order chi connectivity index (χ0) is 21.8. The van der Waals surface area contributed by atoms with Crippen LogP contribution in [0.2, 0.25) is 0 Å². The minimum Gasteiger partial charge on any atom is -0.396 e. The van der Waals surface area contributed by atoms with Crippen molar-refractivity contribution < 1.29 is 9.90 Å². The molecule has 4 N–H and O–H groups in total. The van der Waals surface area contributed by atoms with Crippen LogP contribution >= 0.6 is 0 Å². The van der Waals surface area contributed by atoms with Crippen LogP contribution in [-0.2, 0) is 4.79 Å². The third-order valence-corrected chi connectivity index (χ3v) is 6.39. The van der Waals surface area contributed by atoms with Crippen LogP contribution in [0, 0.1) is 5.92 Å². The number of rotatable bonds is 21. The van der Waals surface area contributed by atoms with Crippen molar-refractivity contribution in [3.05, 3.63) is 0 Å². The predicted molar refractivity (Wildman–Crippen MR) is 126 cm³/mol. The maximum atomic E-state index is 12.0. The van der Waals surface area contributed by atoms with Crippen LogP contribution in [0.5, 0.6) is 0 Å². The first kappa shape index (κ1) is 28.4. The molecule has 0 radical (unpaired) electrons. The molecule has 0 spiro atoms. The molecule has 0 aromatic carbocycles. The molecule has 0 bridgehead atoms. The summed E-state index contributed by atoms with van der Waals surface area (Å²) < 4.78 is 0. The molecule has 0 aromatic rings. The molecule has 174 valence electrons. The first-order chi connectivity index (χ1) is 13.9. The minimum absolute atomic E-state index is 0.0877. The second-order valence-corrected chi connectivity index (χ2v) is 9.38. The highest BCUT2D eigenvalue weighted by atomic mass is 16.3. The number of hydrogen-bond donors (Lipinski definition) is 3. The summed E-state index contributed by atoms with van der Waals surface area (Å²) in [5, 5.41) is 12.1. The van der Waals surface area contributed by atoms with Gasteiger partial charge in [-0.3, -0.25) is 4.79 Å². The molecule has 0 saturated carbocycles. The average Bonchev–Trinajstić information content (AvgIpc) is 2.69. The van der Waals surface area contributed by atoms with Crippen molar-refractivity contribution in [2.45, 2.75) is 135 Å². The van der Waals surface area contributed by atoms with Crippen LogP contribution in [-0.4, -0.2) is 29.7 Å². The van der Waals surface area contributed by atoms with Gasteiger partial charge in [-0.1, -0.05) is 104 Å². The van der Waals surface area contributed by atoms with Crippen molar-refractivity contribution in [3.63, 3.8) is 0 Å².